The minimum atomic E-state index is -0.0789. The molecule has 8 aromatic carbocycles. The highest BCUT2D eigenvalue weighted by molar-refractivity contribution is 7.00. The van der Waals surface area contributed by atoms with Crippen molar-refractivity contribution in [3.05, 3.63) is 187 Å². The van der Waals surface area contributed by atoms with Crippen LogP contribution in [0.2, 0.25) is 0 Å². The third-order valence-electron chi connectivity index (χ3n) is 15.6. The molecular formula is C58H48BN3. The summed E-state index contributed by atoms with van der Waals surface area (Å²) in [6.07, 6.45) is 4.87. The van der Waals surface area contributed by atoms with E-state index in [1.54, 1.807) is 0 Å². The Morgan fingerprint density at radius 1 is 0.516 bits per heavy atom. The Kier molecular flexibility index (Phi) is 7.46. The van der Waals surface area contributed by atoms with Crippen LogP contribution >= 0.6 is 0 Å². The molecule has 9 aromatic rings. The van der Waals surface area contributed by atoms with Crippen LogP contribution < -0.4 is 26.2 Å². The first-order valence-corrected chi connectivity index (χ1v) is 22.6. The molecular weight excluding hydrogens is 749 g/mol. The summed E-state index contributed by atoms with van der Waals surface area (Å²) in [6.45, 7) is 9.60. The second kappa shape index (κ2) is 12.9. The summed E-state index contributed by atoms with van der Waals surface area (Å²) in [5.74, 6) is 0. The summed E-state index contributed by atoms with van der Waals surface area (Å²) in [5, 5.41) is 2.60. The van der Waals surface area contributed by atoms with E-state index in [2.05, 4.69) is 212 Å². The summed E-state index contributed by atoms with van der Waals surface area (Å²) < 4.78 is 2.65. The van der Waals surface area contributed by atoms with Crippen LogP contribution in [-0.4, -0.2) is 16.8 Å². The van der Waals surface area contributed by atoms with Gasteiger partial charge in [0, 0.05) is 50.1 Å². The lowest BCUT2D eigenvalue weighted by Crippen LogP contribution is -2.64. The second-order valence-corrected chi connectivity index (χ2v) is 19.0. The molecule has 4 heterocycles. The van der Waals surface area contributed by atoms with Crippen LogP contribution in [0.15, 0.2) is 170 Å². The zero-order valence-corrected chi connectivity index (χ0v) is 35.9. The molecule has 3 aliphatic heterocycles. The number of aryl methyl sites for hydroxylation is 2. The van der Waals surface area contributed by atoms with E-state index < -0.39 is 0 Å². The average Bonchev–Trinajstić information content (AvgIpc) is 3.75. The Morgan fingerprint density at radius 2 is 1.15 bits per heavy atom. The minimum Gasteiger partial charge on any atom is -0.335 e. The SMILES string of the molecule is Cc1ccc(N(c2ccc(C)cc2)c2cc3c4c(c2)-n2c5ccc(-c6ccccc6)cc5c5cc(-c6ccccc6)cc(c52)B4c2cccc4c2N3C2(C)CCCCC42C)cc1. The number of anilines is 5. The van der Waals surface area contributed by atoms with Crippen molar-refractivity contribution in [2.24, 2.45) is 0 Å². The van der Waals surface area contributed by atoms with E-state index in [0.29, 0.717) is 0 Å². The number of hydrogen-bond donors (Lipinski definition) is 0. The molecule has 1 aromatic heterocycles. The van der Waals surface area contributed by atoms with Crippen LogP contribution in [0.5, 0.6) is 0 Å². The molecule has 3 nitrogen and oxygen atoms in total. The normalized spacial score (nSPS) is 19.1. The van der Waals surface area contributed by atoms with Crippen molar-refractivity contribution >= 4 is 73.3 Å². The molecule has 1 aliphatic carbocycles. The number of para-hydroxylation sites is 1. The largest absolute Gasteiger partial charge is 0.335 e. The van der Waals surface area contributed by atoms with Crippen LogP contribution in [-0.2, 0) is 5.41 Å². The fourth-order valence-electron chi connectivity index (χ4n) is 12.4. The van der Waals surface area contributed by atoms with Crippen molar-refractivity contribution in [2.75, 3.05) is 9.80 Å². The number of fused-ring (bicyclic) bond motifs is 10. The Labute approximate surface area is 365 Å². The number of aromatic nitrogens is 1. The van der Waals surface area contributed by atoms with E-state index >= 15 is 0 Å². The van der Waals surface area contributed by atoms with Crippen molar-refractivity contribution in [3.8, 4) is 27.9 Å². The zero-order valence-electron chi connectivity index (χ0n) is 35.9. The van der Waals surface area contributed by atoms with Gasteiger partial charge in [0.05, 0.1) is 16.7 Å². The molecule has 4 aliphatic rings. The standard InChI is InChI=1S/C58H48BN3/c1-37-20-25-43(26-21-37)60(44-27-22-38(2)23-28-44)45-35-52-54-53(36-45)62-56-48(57(3)30-11-12-31-58(57,62)4)18-13-19-49(56)59(54)50-34-42(40-16-9-6-10-17-40)33-47-46-32-41(39-14-7-5-8-15-39)24-29-51(46)61(52)55(47)50/h5-10,13-29,32-36H,11-12,30-31H2,1-4H3. The van der Waals surface area contributed by atoms with E-state index in [9.17, 15) is 0 Å². The van der Waals surface area contributed by atoms with E-state index in [1.807, 2.05) is 0 Å². The van der Waals surface area contributed by atoms with Crippen LogP contribution in [0.25, 0.3) is 49.7 Å². The molecule has 0 bridgehead atoms. The maximum Gasteiger partial charge on any atom is 0.252 e. The first-order valence-electron chi connectivity index (χ1n) is 22.6. The van der Waals surface area contributed by atoms with Gasteiger partial charge in [0.25, 0.3) is 6.71 Å². The van der Waals surface area contributed by atoms with Gasteiger partial charge in [0.1, 0.15) is 0 Å². The van der Waals surface area contributed by atoms with Crippen molar-refractivity contribution < 1.29 is 0 Å². The quantitative estimate of drug-likeness (QED) is 0.161. The molecule has 1 saturated carbocycles. The van der Waals surface area contributed by atoms with Gasteiger partial charge in [0.15, 0.2) is 0 Å². The van der Waals surface area contributed by atoms with Gasteiger partial charge >= 0.3 is 0 Å². The van der Waals surface area contributed by atoms with Crippen molar-refractivity contribution in [3.63, 3.8) is 0 Å². The monoisotopic (exact) mass is 797 g/mol. The van der Waals surface area contributed by atoms with Gasteiger partial charge in [-0.3, -0.25) is 0 Å². The molecule has 2 unspecified atom stereocenters. The smallest absolute Gasteiger partial charge is 0.252 e. The van der Waals surface area contributed by atoms with Crippen LogP contribution in [0, 0.1) is 13.8 Å². The number of rotatable bonds is 5. The molecule has 0 spiro atoms. The molecule has 62 heavy (non-hydrogen) atoms. The highest BCUT2D eigenvalue weighted by atomic mass is 15.3. The van der Waals surface area contributed by atoms with Crippen LogP contribution in [0.4, 0.5) is 28.4 Å². The molecule has 13 rings (SSSR count). The van der Waals surface area contributed by atoms with Gasteiger partial charge in [0.2, 0.25) is 0 Å². The maximum atomic E-state index is 2.86. The highest BCUT2D eigenvalue weighted by Crippen LogP contribution is 2.62. The highest BCUT2D eigenvalue weighted by Gasteiger charge is 2.61. The summed E-state index contributed by atoms with van der Waals surface area (Å²) in [4.78, 5) is 5.36. The van der Waals surface area contributed by atoms with Gasteiger partial charge in [-0.05, 0) is 132 Å². The van der Waals surface area contributed by atoms with E-state index in [0.717, 1.165) is 17.8 Å². The van der Waals surface area contributed by atoms with E-state index in [1.165, 1.54) is 119 Å². The summed E-state index contributed by atoms with van der Waals surface area (Å²) in [6, 6.07) is 64.7. The van der Waals surface area contributed by atoms with Crippen molar-refractivity contribution in [1.82, 2.24) is 4.57 Å². The van der Waals surface area contributed by atoms with Gasteiger partial charge < -0.3 is 14.4 Å². The fourth-order valence-corrected chi connectivity index (χ4v) is 12.4. The third-order valence-corrected chi connectivity index (χ3v) is 15.6. The molecule has 2 atom stereocenters. The summed E-state index contributed by atoms with van der Waals surface area (Å²) in [5.41, 5.74) is 23.4. The third kappa shape index (κ3) is 4.78. The van der Waals surface area contributed by atoms with Crippen molar-refractivity contribution in [2.45, 2.75) is 64.3 Å². The van der Waals surface area contributed by atoms with Gasteiger partial charge in [-0.1, -0.05) is 146 Å². The lowest BCUT2D eigenvalue weighted by molar-refractivity contribution is 0.195. The molecule has 1 fully saturated rings. The minimum absolute atomic E-state index is 0.0254. The fraction of sp³-hybridized carbons (Fsp3) is 0.172. The summed E-state index contributed by atoms with van der Waals surface area (Å²) >= 11 is 0. The molecule has 0 radical (unpaired) electrons. The van der Waals surface area contributed by atoms with E-state index in [-0.39, 0.29) is 17.7 Å². The molecule has 0 saturated heterocycles. The first-order chi connectivity index (χ1) is 30.3. The first kappa shape index (κ1) is 35.9. The molecule has 0 amide bonds. The average molecular weight is 798 g/mol. The molecule has 298 valence electrons. The Morgan fingerprint density at radius 3 is 1.84 bits per heavy atom. The van der Waals surface area contributed by atoms with Gasteiger partial charge in [-0.15, -0.1) is 0 Å². The Hall–Kier alpha value is -6.78. The molecule has 0 N–H and O–H groups in total. The summed E-state index contributed by atoms with van der Waals surface area (Å²) in [7, 11) is 0. The predicted octanol–water partition coefficient (Wildman–Crippen LogP) is 13.1. The van der Waals surface area contributed by atoms with E-state index in [4.69, 9.17) is 0 Å². The Bertz CT molecular complexity index is 3250. The topological polar surface area (TPSA) is 11.4 Å². The number of benzene rings is 8. The predicted molar refractivity (Wildman–Crippen MR) is 263 cm³/mol. The van der Waals surface area contributed by atoms with Gasteiger partial charge in [-0.25, -0.2) is 0 Å². The van der Waals surface area contributed by atoms with Crippen LogP contribution in [0.3, 0.4) is 0 Å². The van der Waals surface area contributed by atoms with Crippen LogP contribution in [0.1, 0.15) is 56.2 Å². The number of nitrogens with zero attached hydrogens (tertiary/aromatic N) is 3. The lowest BCUT2D eigenvalue weighted by atomic mass is 9.33. The molecule has 4 heteroatoms. The zero-order chi connectivity index (χ0) is 41.5. The van der Waals surface area contributed by atoms with Crippen molar-refractivity contribution in [1.29, 1.82) is 0 Å². The second-order valence-electron chi connectivity index (χ2n) is 19.0. The van der Waals surface area contributed by atoms with Gasteiger partial charge in [-0.2, -0.15) is 0 Å². The lowest BCUT2D eigenvalue weighted by Gasteiger charge is -2.52. The Balaban J connectivity index is 1.19. The number of hydrogen-bond acceptors (Lipinski definition) is 2. The maximum absolute atomic E-state index is 2.86.